The summed E-state index contributed by atoms with van der Waals surface area (Å²) >= 11 is 0. The number of nitrogens with two attached hydrogens (primary N) is 1. The Kier molecular flexibility index (Phi) is 4.95. The van der Waals surface area contributed by atoms with Gasteiger partial charge in [-0.1, -0.05) is 0 Å². The molecule has 1 atom stereocenters. The summed E-state index contributed by atoms with van der Waals surface area (Å²) in [6.45, 7) is 0.931. The highest BCUT2D eigenvalue weighted by molar-refractivity contribution is 5.95. The van der Waals surface area contributed by atoms with Gasteiger partial charge in [-0.05, 0) is 24.3 Å². The molecule has 1 saturated heterocycles. The highest BCUT2D eigenvalue weighted by atomic mass is 16.5. The SMILES string of the molecule is NC(=O)Nc1ccc(C(=O)N2CCOCC2CC(=O)O)cc1. The summed E-state index contributed by atoms with van der Waals surface area (Å²) in [4.78, 5) is 35.6. The van der Waals surface area contributed by atoms with Gasteiger partial charge < -0.3 is 25.8 Å². The van der Waals surface area contributed by atoms with E-state index in [1.165, 1.54) is 4.90 Å². The first-order chi connectivity index (χ1) is 10.5. The van der Waals surface area contributed by atoms with Gasteiger partial charge in [0.15, 0.2) is 0 Å². The second-order valence-corrected chi connectivity index (χ2v) is 4.89. The van der Waals surface area contributed by atoms with E-state index in [1.54, 1.807) is 24.3 Å². The number of hydrogen-bond acceptors (Lipinski definition) is 4. The van der Waals surface area contributed by atoms with Crippen molar-refractivity contribution < 1.29 is 24.2 Å². The number of aliphatic carboxylic acids is 1. The number of nitrogens with zero attached hydrogens (tertiary/aromatic N) is 1. The summed E-state index contributed by atoms with van der Waals surface area (Å²) in [5, 5.41) is 11.3. The van der Waals surface area contributed by atoms with Crippen molar-refractivity contribution in [3.8, 4) is 0 Å². The number of nitrogens with one attached hydrogen (secondary N) is 1. The molecule has 0 saturated carbocycles. The minimum Gasteiger partial charge on any atom is -0.481 e. The molecule has 4 N–H and O–H groups in total. The average molecular weight is 307 g/mol. The number of hydrogen-bond donors (Lipinski definition) is 3. The molecule has 8 heteroatoms. The third kappa shape index (κ3) is 3.95. The number of urea groups is 1. The lowest BCUT2D eigenvalue weighted by atomic mass is 10.1. The summed E-state index contributed by atoms with van der Waals surface area (Å²) in [6, 6.07) is 5.06. The van der Waals surface area contributed by atoms with Gasteiger partial charge in [0.05, 0.1) is 25.7 Å². The Morgan fingerprint density at radius 1 is 1.32 bits per heavy atom. The molecule has 2 rings (SSSR count). The molecule has 22 heavy (non-hydrogen) atoms. The van der Waals surface area contributed by atoms with Crippen molar-refractivity contribution in [1.82, 2.24) is 4.90 Å². The van der Waals surface area contributed by atoms with Gasteiger partial charge in [0, 0.05) is 17.8 Å². The number of primary amides is 1. The summed E-state index contributed by atoms with van der Waals surface area (Å²) < 4.78 is 5.24. The van der Waals surface area contributed by atoms with Crippen LogP contribution in [0.2, 0.25) is 0 Å². The number of carboxylic acid groups (broad SMARTS) is 1. The average Bonchev–Trinajstić information content (AvgIpc) is 2.47. The van der Waals surface area contributed by atoms with Crippen LogP contribution in [-0.4, -0.2) is 53.7 Å². The Hall–Kier alpha value is -2.61. The first kappa shape index (κ1) is 15.8. The normalized spacial score (nSPS) is 17.8. The molecule has 1 fully saturated rings. The molecular formula is C14H17N3O5. The number of carbonyl (C=O) groups is 3. The van der Waals surface area contributed by atoms with Crippen LogP contribution in [0.25, 0.3) is 0 Å². The van der Waals surface area contributed by atoms with Crippen LogP contribution in [0.5, 0.6) is 0 Å². The van der Waals surface area contributed by atoms with E-state index in [0.717, 1.165) is 0 Å². The topological polar surface area (TPSA) is 122 Å². The molecule has 0 radical (unpaired) electrons. The number of morpholine rings is 1. The lowest BCUT2D eigenvalue weighted by Crippen LogP contribution is -2.49. The van der Waals surface area contributed by atoms with Gasteiger partial charge in [-0.2, -0.15) is 0 Å². The zero-order valence-electron chi connectivity index (χ0n) is 11.8. The fourth-order valence-corrected chi connectivity index (χ4v) is 2.30. The zero-order chi connectivity index (χ0) is 16.1. The van der Waals surface area contributed by atoms with Crippen LogP contribution in [0.3, 0.4) is 0 Å². The van der Waals surface area contributed by atoms with Crippen molar-refractivity contribution in [2.45, 2.75) is 12.5 Å². The number of amides is 3. The van der Waals surface area contributed by atoms with E-state index >= 15 is 0 Å². The van der Waals surface area contributed by atoms with Crippen LogP contribution < -0.4 is 11.1 Å². The van der Waals surface area contributed by atoms with Crippen molar-refractivity contribution in [2.75, 3.05) is 25.1 Å². The molecule has 1 aliphatic heterocycles. The quantitative estimate of drug-likeness (QED) is 0.747. The van der Waals surface area contributed by atoms with Crippen LogP contribution in [0.15, 0.2) is 24.3 Å². The third-order valence-corrected chi connectivity index (χ3v) is 3.30. The lowest BCUT2D eigenvalue weighted by Gasteiger charge is -2.34. The van der Waals surface area contributed by atoms with E-state index in [4.69, 9.17) is 15.6 Å². The molecule has 1 heterocycles. The fourth-order valence-electron chi connectivity index (χ4n) is 2.30. The molecule has 0 aromatic heterocycles. The Labute approximate surface area is 126 Å². The Morgan fingerprint density at radius 3 is 2.59 bits per heavy atom. The highest BCUT2D eigenvalue weighted by Crippen LogP contribution is 2.17. The molecule has 1 aromatic carbocycles. The van der Waals surface area contributed by atoms with Crippen molar-refractivity contribution in [2.24, 2.45) is 5.73 Å². The number of benzene rings is 1. The Bertz CT molecular complexity index is 572. The van der Waals surface area contributed by atoms with Gasteiger partial charge in [-0.3, -0.25) is 9.59 Å². The van der Waals surface area contributed by atoms with Crippen LogP contribution in [-0.2, 0) is 9.53 Å². The Balaban J connectivity index is 2.11. The minimum atomic E-state index is -0.977. The van der Waals surface area contributed by atoms with Crippen LogP contribution >= 0.6 is 0 Å². The van der Waals surface area contributed by atoms with Gasteiger partial charge in [-0.25, -0.2) is 4.79 Å². The largest absolute Gasteiger partial charge is 0.481 e. The number of ether oxygens (including phenoxy) is 1. The maximum Gasteiger partial charge on any atom is 0.316 e. The molecule has 1 unspecified atom stereocenters. The van der Waals surface area contributed by atoms with Crippen molar-refractivity contribution in [1.29, 1.82) is 0 Å². The Morgan fingerprint density at radius 2 is 2.00 bits per heavy atom. The predicted octanol–water partition coefficient (Wildman–Crippen LogP) is 0.493. The van der Waals surface area contributed by atoms with E-state index in [9.17, 15) is 14.4 Å². The van der Waals surface area contributed by atoms with Crippen LogP contribution in [0.1, 0.15) is 16.8 Å². The van der Waals surface area contributed by atoms with Crippen molar-refractivity contribution in [3.05, 3.63) is 29.8 Å². The predicted molar refractivity (Wildman–Crippen MR) is 77.5 cm³/mol. The number of anilines is 1. The summed E-state index contributed by atoms with van der Waals surface area (Å²) in [5.41, 5.74) is 5.90. The molecule has 0 spiro atoms. The van der Waals surface area contributed by atoms with Gasteiger partial charge in [0.1, 0.15) is 0 Å². The van der Waals surface area contributed by atoms with Gasteiger partial charge in [0.2, 0.25) is 0 Å². The minimum absolute atomic E-state index is 0.160. The van der Waals surface area contributed by atoms with E-state index in [0.29, 0.717) is 24.4 Å². The highest BCUT2D eigenvalue weighted by Gasteiger charge is 2.29. The van der Waals surface area contributed by atoms with Crippen LogP contribution in [0.4, 0.5) is 10.5 Å². The summed E-state index contributed by atoms with van der Waals surface area (Å²) in [7, 11) is 0. The molecule has 8 nitrogen and oxygen atoms in total. The third-order valence-electron chi connectivity index (χ3n) is 3.30. The number of carbonyl (C=O) groups excluding carboxylic acids is 2. The van der Waals surface area contributed by atoms with E-state index in [1.807, 2.05) is 0 Å². The lowest BCUT2D eigenvalue weighted by molar-refractivity contribution is -0.139. The molecule has 3 amide bonds. The number of carboxylic acids is 1. The molecule has 118 valence electrons. The summed E-state index contributed by atoms with van der Waals surface area (Å²) in [5.74, 6) is -1.24. The first-order valence-corrected chi connectivity index (χ1v) is 6.74. The monoisotopic (exact) mass is 307 g/mol. The smallest absolute Gasteiger partial charge is 0.316 e. The molecule has 0 aliphatic carbocycles. The van der Waals surface area contributed by atoms with E-state index in [-0.39, 0.29) is 18.9 Å². The standard InChI is InChI=1S/C14H17N3O5/c15-14(21)16-10-3-1-9(2-4-10)13(20)17-5-6-22-8-11(17)7-12(18)19/h1-4,11H,5-8H2,(H,18,19)(H3,15,16,21). The van der Waals surface area contributed by atoms with Crippen molar-refractivity contribution in [3.63, 3.8) is 0 Å². The second kappa shape index (κ2) is 6.90. The number of rotatable bonds is 4. The van der Waals surface area contributed by atoms with Gasteiger partial charge in [-0.15, -0.1) is 0 Å². The molecule has 0 bridgehead atoms. The second-order valence-electron chi connectivity index (χ2n) is 4.89. The van der Waals surface area contributed by atoms with Crippen molar-refractivity contribution >= 4 is 23.6 Å². The molecule has 1 aromatic rings. The maximum absolute atomic E-state index is 12.5. The van der Waals surface area contributed by atoms with E-state index < -0.39 is 18.0 Å². The fraction of sp³-hybridized carbons (Fsp3) is 0.357. The molecule has 1 aliphatic rings. The van der Waals surface area contributed by atoms with Gasteiger partial charge in [0.25, 0.3) is 5.91 Å². The first-order valence-electron chi connectivity index (χ1n) is 6.74. The zero-order valence-corrected chi connectivity index (χ0v) is 11.8. The van der Waals surface area contributed by atoms with E-state index in [2.05, 4.69) is 5.32 Å². The van der Waals surface area contributed by atoms with Crippen LogP contribution in [0, 0.1) is 0 Å². The maximum atomic E-state index is 12.5. The summed E-state index contributed by atoms with van der Waals surface area (Å²) in [6.07, 6.45) is -0.160. The van der Waals surface area contributed by atoms with Gasteiger partial charge >= 0.3 is 12.0 Å². The molecular weight excluding hydrogens is 290 g/mol.